The first-order valence-electron chi connectivity index (χ1n) is 7.63. The van der Waals surface area contributed by atoms with Crippen molar-refractivity contribution in [3.05, 3.63) is 22.5 Å². The molecule has 0 radical (unpaired) electrons. The minimum Gasteiger partial charge on any atom is -0.466 e. The van der Waals surface area contributed by atoms with Crippen molar-refractivity contribution in [2.24, 2.45) is 0 Å². The maximum Gasteiger partial charge on any atom is 0.355 e. The predicted molar refractivity (Wildman–Crippen MR) is 82.2 cm³/mol. The first kappa shape index (κ1) is 18.7. The van der Waals surface area contributed by atoms with Crippen LogP contribution in [0, 0.1) is 6.92 Å². The lowest BCUT2D eigenvalue weighted by Gasteiger charge is -2.08. The van der Waals surface area contributed by atoms with Gasteiger partial charge in [-0.3, -0.25) is 9.59 Å². The number of aromatic nitrogens is 1. The molecule has 1 N–H and O–H groups in total. The fraction of sp³-hybridized carbons (Fsp3) is 0.562. The van der Waals surface area contributed by atoms with Crippen LogP contribution < -0.4 is 0 Å². The van der Waals surface area contributed by atoms with Crippen LogP contribution in [-0.4, -0.2) is 42.7 Å². The first-order valence-corrected chi connectivity index (χ1v) is 7.63. The number of H-pyrrole nitrogens is 1. The quantitative estimate of drug-likeness (QED) is 0.577. The maximum atomic E-state index is 12.1. The van der Waals surface area contributed by atoms with Gasteiger partial charge in [0.25, 0.3) is 0 Å². The molecule has 0 spiro atoms. The van der Waals surface area contributed by atoms with Crippen LogP contribution in [0.3, 0.4) is 0 Å². The van der Waals surface area contributed by atoms with E-state index in [1.54, 1.807) is 27.7 Å². The van der Waals surface area contributed by atoms with Crippen LogP contribution >= 0.6 is 0 Å². The number of carbonyl (C=O) groups excluding carboxylic acids is 3. The summed E-state index contributed by atoms with van der Waals surface area (Å²) in [5, 5.41) is 0. The SMILES string of the molecule is CCOC(=O)Cc1c(C)[nH]c(C(=O)OCC)c1CC(=O)OCC. The molecule has 1 rings (SSSR count). The summed E-state index contributed by atoms with van der Waals surface area (Å²) in [4.78, 5) is 38.5. The molecular weight excluding hydrogens is 302 g/mol. The number of nitrogens with one attached hydrogen (secondary N) is 1. The Morgan fingerprint density at radius 1 is 0.826 bits per heavy atom. The van der Waals surface area contributed by atoms with Crippen LogP contribution in [-0.2, 0) is 36.6 Å². The van der Waals surface area contributed by atoms with Gasteiger partial charge in [-0.25, -0.2) is 4.79 Å². The fourth-order valence-electron chi connectivity index (χ4n) is 2.24. The van der Waals surface area contributed by atoms with E-state index in [2.05, 4.69) is 4.98 Å². The average Bonchev–Trinajstić information content (AvgIpc) is 2.77. The van der Waals surface area contributed by atoms with E-state index in [-0.39, 0.29) is 38.4 Å². The van der Waals surface area contributed by atoms with Crippen molar-refractivity contribution in [3.8, 4) is 0 Å². The molecule has 1 heterocycles. The van der Waals surface area contributed by atoms with Gasteiger partial charge in [0.05, 0.1) is 32.7 Å². The molecule has 7 nitrogen and oxygen atoms in total. The van der Waals surface area contributed by atoms with E-state index >= 15 is 0 Å². The van der Waals surface area contributed by atoms with Gasteiger partial charge >= 0.3 is 17.9 Å². The van der Waals surface area contributed by atoms with Crippen LogP contribution in [0.4, 0.5) is 0 Å². The Hall–Kier alpha value is -2.31. The Balaban J connectivity index is 3.17. The number of aromatic amines is 1. The van der Waals surface area contributed by atoms with E-state index in [1.165, 1.54) is 0 Å². The van der Waals surface area contributed by atoms with E-state index in [1.807, 2.05) is 0 Å². The van der Waals surface area contributed by atoms with Gasteiger partial charge in [-0.1, -0.05) is 0 Å². The largest absolute Gasteiger partial charge is 0.466 e. The highest BCUT2D eigenvalue weighted by Crippen LogP contribution is 2.22. The third-order valence-electron chi connectivity index (χ3n) is 3.16. The van der Waals surface area contributed by atoms with Crippen molar-refractivity contribution < 1.29 is 28.6 Å². The van der Waals surface area contributed by atoms with Crippen LogP contribution in [0.25, 0.3) is 0 Å². The van der Waals surface area contributed by atoms with Gasteiger partial charge < -0.3 is 19.2 Å². The molecule has 0 saturated carbocycles. The Kier molecular flexibility index (Phi) is 7.31. The molecule has 23 heavy (non-hydrogen) atoms. The van der Waals surface area contributed by atoms with Crippen LogP contribution in [0.15, 0.2) is 0 Å². The van der Waals surface area contributed by atoms with Gasteiger partial charge in [0.2, 0.25) is 0 Å². The number of esters is 3. The summed E-state index contributed by atoms with van der Waals surface area (Å²) in [6.07, 6.45) is -0.134. The van der Waals surface area contributed by atoms with Gasteiger partial charge in [-0.05, 0) is 38.8 Å². The molecule has 0 aliphatic carbocycles. The molecule has 0 fully saturated rings. The van der Waals surface area contributed by atoms with Crippen molar-refractivity contribution in [3.63, 3.8) is 0 Å². The second-order valence-electron chi connectivity index (χ2n) is 4.77. The third kappa shape index (κ3) is 5.12. The fourth-order valence-corrected chi connectivity index (χ4v) is 2.24. The Morgan fingerprint density at radius 3 is 1.78 bits per heavy atom. The van der Waals surface area contributed by atoms with E-state index in [0.29, 0.717) is 16.8 Å². The Morgan fingerprint density at radius 2 is 1.30 bits per heavy atom. The summed E-state index contributed by atoms with van der Waals surface area (Å²) < 4.78 is 14.9. The summed E-state index contributed by atoms with van der Waals surface area (Å²) in [6.45, 7) is 7.55. The lowest BCUT2D eigenvalue weighted by Crippen LogP contribution is -2.15. The van der Waals surface area contributed by atoms with Crippen LogP contribution in [0.5, 0.6) is 0 Å². The van der Waals surface area contributed by atoms with Gasteiger partial charge in [0.15, 0.2) is 0 Å². The van der Waals surface area contributed by atoms with Gasteiger partial charge in [-0.2, -0.15) is 0 Å². The normalized spacial score (nSPS) is 10.3. The zero-order valence-electron chi connectivity index (χ0n) is 14.0. The van der Waals surface area contributed by atoms with E-state index in [0.717, 1.165) is 0 Å². The molecule has 0 unspecified atom stereocenters. The minimum absolute atomic E-state index is 0.0235. The second kappa shape index (κ2) is 8.97. The number of aryl methyl sites for hydroxylation is 1. The van der Waals surface area contributed by atoms with Crippen molar-refractivity contribution >= 4 is 17.9 Å². The summed E-state index contributed by atoms with van der Waals surface area (Å²) in [6, 6.07) is 0. The van der Waals surface area contributed by atoms with E-state index in [9.17, 15) is 14.4 Å². The molecule has 0 bridgehead atoms. The van der Waals surface area contributed by atoms with Crippen LogP contribution in [0.1, 0.15) is 48.1 Å². The summed E-state index contributed by atoms with van der Waals surface area (Å²) >= 11 is 0. The molecule has 0 amide bonds. The second-order valence-corrected chi connectivity index (χ2v) is 4.77. The number of hydrogen-bond acceptors (Lipinski definition) is 6. The number of hydrogen-bond donors (Lipinski definition) is 1. The van der Waals surface area contributed by atoms with Gasteiger partial charge in [0.1, 0.15) is 5.69 Å². The number of carbonyl (C=O) groups is 3. The molecule has 1 aromatic rings. The zero-order chi connectivity index (χ0) is 17.4. The summed E-state index contributed by atoms with van der Waals surface area (Å²) in [5.74, 6) is -1.46. The van der Waals surface area contributed by atoms with E-state index in [4.69, 9.17) is 14.2 Å². The predicted octanol–water partition coefficient (Wildman–Crippen LogP) is 1.71. The van der Waals surface area contributed by atoms with Crippen molar-refractivity contribution in [2.75, 3.05) is 19.8 Å². The monoisotopic (exact) mass is 325 g/mol. The molecule has 0 saturated heterocycles. The average molecular weight is 325 g/mol. The highest BCUT2D eigenvalue weighted by molar-refractivity contribution is 5.92. The smallest absolute Gasteiger partial charge is 0.355 e. The zero-order valence-corrected chi connectivity index (χ0v) is 14.0. The lowest BCUT2D eigenvalue weighted by molar-refractivity contribution is -0.143. The maximum absolute atomic E-state index is 12.1. The van der Waals surface area contributed by atoms with E-state index < -0.39 is 17.9 Å². The van der Waals surface area contributed by atoms with Gasteiger partial charge in [0, 0.05) is 5.69 Å². The lowest BCUT2D eigenvalue weighted by atomic mass is 10.0. The molecule has 0 aliphatic rings. The standard InChI is InChI=1S/C16H23NO6/c1-5-21-13(18)8-11-10(4)17-15(16(20)23-7-3)12(11)9-14(19)22-6-2/h17H,5-9H2,1-4H3. The molecule has 7 heteroatoms. The molecular formula is C16H23NO6. The number of ether oxygens (including phenoxy) is 3. The number of rotatable bonds is 8. The molecule has 0 aromatic carbocycles. The van der Waals surface area contributed by atoms with Crippen molar-refractivity contribution in [1.29, 1.82) is 0 Å². The van der Waals surface area contributed by atoms with Crippen molar-refractivity contribution in [1.82, 2.24) is 4.98 Å². The summed E-state index contributed by atoms with van der Waals surface area (Å²) in [7, 11) is 0. The Labute approximate surface area is 135 Å². The van der Waals surface area contributed by atoms with Gasteiger partial charge in [-0.15, -0.1) is 0 Å². The highest BCUT2D eigenvalue weighted by atomic mass is 16.5. The minimum atomic E-state index is -0.565. The molecule has 0 aliphatic heterocycles. The Bertz CT molecular complexity index is 575. The molecule has 1 aromatic heterocycles. The molecule has 128 valence electrons. The summed E-state index contributed by atoms with van der Waals surface area (Å²) in [5.41, 5.74) is 1.80. The third-order valence-corrected chi connectivity index (χ3v) is 3.16. The first-order chi connectivity index (χ1) is 10.9. The molecule has 0 atom stereocenters. The van der Waals surface area contributed by atoms with Crippen LogP contribution in [0.2, 0.25) is 0 Å². The highest BCUT2D eigenvalue weighted by Gasteiger charge is 2.25. The van der Waals surface area contributed by atoms with Crippen molar-refractivity contribution in [2.45, 2.75) is 40.5 Å². The topological polar surface area (TPSA) is 94.7 Å².